The van der Waals surface area contributed by atoms with Gasteiger partial charge in [0, 0.05) is 39.1 Å². The maximum Gasteiger partial charge on any atom is 0.436 e. The molecule has 1 fully saturated rings. The van der Waals surface area contributed by atoms with E-state index >= 15 is 0 Å². The van der Waals surface area contributed by atoms with E-state index in [4.69, 9.17) is 0 Å². The Morgan fingerprint density at radius 3 is 2.38 bits per heavy atom. The van der Waals surface area contributed by atoms with Crippen LogP contribution in [0.15, 0.2) is 28.7 Å². The minimum atomic E-state index is -4.52. The van der Waals surface area contributed by atoms with E-state index in [0.29, 0.717) is 18.8 Å². The predicted molar refractivity (Wildman–Crippen MR) is 107 cm³/mol. The van der Waals surface area contributed by atoms with E-state index in [1.165, 1.54) is 15.8 Å². The maximum atomic E-state index is 13.0. The van der Waals surface area contributed by atoms with Crippen molar-refractivity contribution in [1.29, 1.82) is 0 Å². The number of aryl methyl sites for hydroxylation is 2. The Morgan fingerprint density at radius 2 is 1.79 bits per heavy atom. The average Bonchev–Trinajstić information content (AvgIpc) is 2.97. The summed E-state index contributed by atoms with van der Waals surface area (Å²) in [6, 6.07) is 8.26. The molecule has 0 bridgehead atoms. The van der Waals surface area contributed by atoms with Gasteiger partial charge in [-0.3, -0.25) is 14.4 Å². The first-order valence-corrected chi connectivity index (χ1v) is 10.3. The second-order valence-corrected chi connectivity index (χ2v) is 8.10. The van der Waals surface area contributed by atoms with Crippen LogP contribution in [0.4, 0.5) is 13.2 Å². The molecule has 29 heavy (non-hydrogen) atoms. The molecule has 1 amide bonds. The fraction of sp³-hybridized carbons (Fsp3) is 0.500. The molecule has 9 heteroatoms. The van der Waals surface area contributed by atoms with Gasteiger partial charge in [0.1, 0.15) is 0 Å². The molecule has 0 aliphatic carbocycles. The fourth-order valence-corrected chi connectivity index (χ4v) is 3.98. The number of amides is 1. The molecule has 3 rings (SSSR count). The standard InChI is InChI=1S/C20H24BrF3N4O/c1-14-5-3-4-6-16(14)13-26-9-11-27(12-10-26)17(29)7-8-28-15(2)18(21)19(25-28)20(22,23)24/h3-6H,7-13H2,1-2H3. The predicted octanol–water partition coefficient (Wildman–Crippen LogP) is 4.02. The summed E-state index contributed by atoms with van der Waals surface area (Å²) in [6.07, 6.45) is -4.39. The van der Waals surface area contributed by atoms with Crippen molar-refractivity contribution < 1.29 is 18.0 Å². The largest absolute Gasteiger partial charge is 0.436 e. The molecule has 0 spiro atoms. The molecule has 1 saturated heterocycles. The van der Waals surface area contributed by atoms with Crippen molar-refractivity contribution in [3.8, 4) is 0 Å². The number of alkyl halides is 3. The van der Waals surface area contributed by atoms with Gasteiger partial charge in [0.15, 0.2) is 5.69 Å². The second kappa shape index (κ2) is 8.87. The number of aromatic nitrogens is 2. The normalized spacial score (nSPS) is 15.7. The summed E-state index contributed by atoms with van der Waals surface area (Å²) in [4.78, 5) is 16.6. The molecule has 2 heterocycles. The number of halogens is 4. The monoisotopic (exact) mass is 472 g/mol. The molecular formula is C20H24BrF3N4O. The van der Waals surface area contributed by atoms with E-state index in [1.807, 2.05) is 12.1 Å². The zero-order chi connectivity index (χ0) is 21.2. The van der Waals surface area contributed by atoms with Crippen LogP contribution in [0, 0.1) is 13.8 Å². The van der Waals surface area contributed by atoms with E-state index < -0.39 is 11.9 Å². The van der Waals surface area contributed by atoms with Crippen molar-refractivity contribution in [3.63, 3.8) is 0 Å². The minimum absolute atomic E-state index is 0.0554. The molecule has 1 aliphatic rings. The van der Waals surface area contributed by atoms with Crippen LogP contribution in [-0.2, 0) is 24.1 Å². The van der Waals surface area contributed by atoms with Crippen molar-refractivity contribution in [1.82, 2.24) is 19.6 Å². The van der Waals surface area contributed by atoms with Gasteiger partial charge < -0.3 is 4.90 Å². The molecule has 0 saturated carbocycles. The summed E-state index contributed by atoms with van der Waals surface area (Å²) in [5.41, 5.74) is 1.96. The maximum absolute atomic E-state index is 13.0. The number of hydrogen-bond acceptors (Lipinski definition) is 3. The fourth-order valence-electron chi connectivity index (χ4n) is 3.47. The van der Waals surface area contributed by atoms with E-state index in [0.717, 1.165) is 19.6 Å². The van der Waals surface area contributed by atoms with Crippen molar-refractivity contribution in [2.45, 2.75) is 39.5 Å². The first kappa shape index (κ1) is 21.8. The van der Waals surface area contributed by atoms with E-state index in [2.05, 4.69) is 45.0 Å². The molecule has 1 aromatic heterocycles. The third kappa shape index (κ3) is 5.19. The van der Waals surface area contributed by atoms with Crippen LogP contribution in [0.2, 0.25) is 0 Å². The smallest absolute Gasteiger partial charge is 0.340 e. The summed E-state index contributed by atoms with van der Waals surface area (Å²) >= 11 is 2.96. The molecule has 2 aromatic rings. The Bertz CT molecular complexity index is 873. The van der Waals surface area contributed by atoms with Gasteiger partial charge in [-0.1, -0.05) is 24.3 Å². The highest BCUT2D eigenvalue weighted by Gasteiger charge is 2.38. The molecule has 0 radical (unpaired) electrons. The summed E-state index contributed by atoms with van der Waals surface area (Å²) < 4.78 is 40.1. The van der Waals surface area contributed by atoms with Gasteiger partial charge in [0.25, 0.3) is 0 Å². The molecule has 0 N–H and O–H groups in total. The van der Waals surface area contributed by atoms with Crippen LogP contribution in [0.25, 0.3) is 0 Å². The number of nitrogens with zero attached hydrogens (tertiary/aromatic N) is 4. The highest BCUT2D eigenvalue weighted by Crippen LogP contribution is 2.35. The highest BCUT2D eigenvalue weighted by atomic mass is 79.9. The Balaban J connectivity index is 1.51. The number of benzene rings is 1. The van der Waals surface area contributed by atoms with Crippen molar-refractivity contribution in [2.24, 2.45) is 0 Å². The lowest BCUT2D eigenvalue weighted by atomic mass is 10.1. The van der Waals surface area contributed by atoms with Crippen LogP contribution in [-0.4, -0.2) is 51.7 Å². The van der Waals surface area contributed by atoms with Crippen molar-refractivity contribution in [3.05, 3.63) is 51.3 Å². The van der Waals surface area contributed by atoms with Crippen LogP contribution in [0.3, 0.4) is 0 Å². The Kier molecular flexibility index (Phi) is 6.68. The minimum Gasteiger partial charge on any atom is -0.340 e. The molecule has 1 aromatic carbocycles. The molecule has 158 valence electrons. The van der Waals surface area contributed by atoms with Gasteiger partial charge in [0.2, 0.25) is 5.91 Å². The van der Waals surface area contributed by atoms with E-state index in [9.17, 15) is 18.0 Å². The van der Waals surface area contributed by atoms with Crippen LogP contribution < -0.4 is 0 Å². The van der Waals surface area contributed by atoms with Gasteiger partial charge in [0.05, 0.1) is 16.7 Å². The Hall–Kier alpha value is -1.87. The molecular weight excluding hydrogens is 449 g/mol. The molecule has 0 atom stereocenters. The van der Waals surface area contributed by atoms with Gasteiger partial charge in [-0.2, -0.15) is 18.3 Å². The van der Waals surface area contributed by atoms with Crippen LogP contribution >= 0.6 is 15.9 Å². The number of rotatable bonds is 5. The van der Waals surface area contributed by atoms with Crippen molar-refractivity contribution in [2.75, 3.05) is 26.2 Å². The highest BCUT2D eigenvalue weighted by molar-refractivity contribution is 9.10. The second-order valence-electron chi connectivity index (χ2n) is 7.30. The summed E-state index contributed by atoms with van der Waals surface area (Å²) in [5, 5.41) is 3.63. The average molecular weight is 473 g/mol. The Labute approximate surface area is 176 Å². The first-order chi connectivity index (χ1) is 13.7. The third-order valence-corrected chi connectivity index (χ3v) is 6.27. The third-order valence-electron chi connectivity index (χ3n) is 5.32. The SMILES string of the molecule is Cc1ccccc1CN1CCN(C(=O)CCn2nc(C(F)(F)F)c(Br)c2C)CC1. The number of hydrogen-bond donors (Lipinski definition) is 0. The zero-order valence-electron chi connectivity index (χ0n) is 16.5. The van der Waals surface area contributed by atoms with Crippen molar-refractivity contribution >= 4 is 21.8 Å². The van der Waals surface area contributed by atoms with Gasteiger partial charge >= 0.3 is 6.18 Å². The zero-order valence-corrected chi connectivity index (χ0v) is 18.1. The van der Waals surface area contributed by atoms with Crippen LogP contribution in [0.5, 0.6) is 0 Å². The summed E-state index contributed by atoms with van der Waals surface area (Å²) in [5.74, 6) is -0.0554. The van der Waals surface area contributed by atoms with E-state index in [1.54, 1.807) is 11.8 Å². The number of carbonyl (C=O) groups is 1. The van der Waals surface area contributed by atoms with Gasteiger partial charge in [-0.25, -0.2) is 0 Å². The van der Waals surface area contributed by atoms with Gasteiger partial charge in [-0.15, -0.1) is 0 Å². The topological polar surface area (TPSA) is 41.4 Å². The lowest BCUT2D eigenvalue weighted by molar-refractivity contribution is -0.142. The molecule has 1 aliphatic heterocycles. The lowest BCUT2D eigenvalue weighted by Gasteiger charge is -2.35. The number of carbonyl (C=O) groups excluding carboxylic acids is 1. The Morgan fingerprint density at radius 1 is 1.14 bits per heavy atom. The summed E-state index contributed by atoms with van der Waals surface area (Å²) in [6.45, 7) is 7.45. The summed E-state index contributed by atoms with van der Waals surface area (Å²) in [7, 11) is 0. The number of piperazine rings is 1. The van der Waals surface area contributed by atoms with E-state index in [-0.39, 0.29) is 23.3 Å². The first-order valence-electron chi connectivity index (χ1n) is 9.51. The quantitative estimate of drug-likeness (QED) is 0.659. The lowest BCUT2D eigenvalue weighted by Crippen LogP contribution is -2.48. The molecule has 0 unspecified atom stereocenters. The molecule has 5 nitrogen and oxygen atoms in total. The van der Waals surface area contributed by atoms with Gasteiger partial charge in [-0.05, 0) is 40.9 Å². The van der Waals surface area contributed by atoms with Crippen LogP contribution in [0.1, 0.15) is 28.9 Å².